The molecule has 0 heterocycles. The maximum Gasteiger partial charge on any atom is 0.233 e. The van der Waals surface area contributed by atoms with Crippen molar-refractivity contribution in [1.29, 1.82) is 0 Å². The van der Waals surface area contributed by atoms with Crippen LogP contribution in [0.4, 0.5) is 0 Å². The van der Waals surface area contributed by atoms with Crippen molar-refractivity contribution < 1.29 is 9.90 Å². The molecule has 2 aromatic rings. The quantitative estimate of drug-likeness (QED) is 0.883. The number of amides is 1. The van der Waals surface area contributed by atoms with E-state index in [1.807, 2.05) is 79.4 Å². The van der Waals surface area contributed by atoms with Crippen LogP contribution in [0.2, 0.25) is 0 Å². The zero-order chi connectivity index (χ0) is 17.2. The van der Waals surface area contributed by atoms with Crippen LogP contribution in [0.15, 0.2) is 60.7 Å². The van der Waals surface area contributed by atoms with Gasteiger partial charge in [0.1, 0.15) is 0 Å². The van der Waals surface area contributed by atoms with E-state index < -0.39 is 11.5 Å². The first-order valence-corrected chi connectivity index (χ1v) is 8.73. The van der Waals surface area contributed by atoms with Crippen molar-refractivity contribution in [3.8, 4) is 0 Å². The van der Waals surface area contributed by atoms with E-state index in [0.29, 0.717) is 19.5 Å². The number of hydrogen-bond donors (Lipinski definition) is 1. The Labute approximate surface area is 143 Å². The van der Waals surface area contributed by atoms with Gasteiger partial charge in [-0.3, -0.25) is 4.79 Å². The normalized spacial score (nSPS) is 23.5. The second-order valence-corrected chi connectivity index (χ2v) is 6.48. The number of carbonyl (C=O) groups is 1. The highest BCUT2D eigenvalue weighted by molar-refractivity contribution is 5.92. The zero-order valence-electron chi connectivity index (χ0n) is 14.4. The summed E-state index contributed by atoms with van der Waals surface area (Å²) in [6.07, 6.45) is 0.0773. The average molecular weight is 323 g/mol. The third kappa shape index (κ3) is 2.73. The van der Waals surface area contributed by atoms with Gasteiger partial charge in [-0.1, -0.05) is 60.7 Å². The molecule has 0 aliphatic heterocycles. The molecule has 1 N–H and O–H groups in total. The Hall–Kier alpha value is -2.13. The van der Waals surface area contributed by atoms with E-state index in [1.54, 1.807) is 0 Å². The molecule has 1 fully saturated rings. The Kier molecular flexibility index (Phi) is 4.72. The summed E-state index contributed by atoms with van der Waals surface area (Å²) in [7, 11) is 0. The number of hydrogen-bond acceptors (Lipinski definition) is 2. The number of benzene rings is 2. The first-order valence-electron chi connectivity index (χ1n) is 8.73. The number of nitrogens with zero attached hydrogens (tertiary/aromatic N) is 1. The van der Waals surface area contributed by atoms with Gasteiger partial charge in [-0.2, -0.15) is 0 Å². The highest BCUT2D eigenvalue weighted by Crippen LogP contribution is 2.60. The average Bonchev–Trinajstić information content (AvgIpc) is 3.40. The molecule has 1 saturated carbocycles. The minimum Gasteiger partial charge on any atom is -0.388 e. The number of aliphatic hydroxyl groups is 1. The van der Waals surface area contributed by atoms with Crippen molar-refractivity contribution in [2.24, 2.45) is 5.92 Å². The second kappa shape index (κ2) is 6.78. The molecule has 24 heavy (non-hydrogen) atoms. The molecule has 0 bridgehead atoms. The third-order valence-electron chi connectivity index (χ3n) is 5.26. The van der Waals surface area contributed by atoms with E-state index in [2.05, 4.69) is 0 Å². The molecule has 126 valence electrons. The fourth-order valence-corrected chi connectivity index (χ4v) is 3.78. The molecule has 3 rings (SSSR count). The van der Waals surface area contributed by atoms with Gasteiger partial charge in [-0.05, 0) is 31.4 Å². The molecule has 3 heteroatoms. The van der Waals surface area contributed by atoms with Gasteiger partial charge in [-0.15, -0.1) is 0 Å². The van der Waals surface area contributed by atoms with Crippen LogP contribution >= 0.6 is 0 Å². The summed E-state index contributed by atoms with van der Waals surface area (Å²) in [4.78, 5) is 15.1. The number of likely N-dealkylation sites (N-methyl/N-ethyl adjacent to an activating group) is 1. The molecule has 2 aromatic carbocycles. The first-order chi connectivity index (χ1) is 11.6. The van der Waals surface area contributed by atoms with Crippen LogP contribution in [0.25, 0.3) is 0 Å². The summed E-state index contributed by atoms with van der Waals surface area (Å²) in [5.41, 5.74) is 1.30. The molecule has 0 unspecified atom stereocenters. The minimum atomic E-state index is -0.620. The van der Waals surface area contributed by atoms with E-state index in [9.17, 15) is 9.90 Å². The maximum atomic E-state index is 13.3. The first kappa shape index (κ1) is 16.7. The van der Waals surface area contributed by atoms with Gasteiger partial charge in [0, 0.05) is 19.0 Å². The number of rotatable bonds is 6. The van der Waals surface area contributed by atoms with Crippen LogP contribution in [0, 0.1) is 5.92 Å². The van der Waals surface area contributed by atoms with Crippen LogP contribution in [-0.2, 0) is 10.2 Å². The van der Waals surface area contributed by atoms with Gasteiger partial charge in [0.25, 0.3) is 0 Å². The summed E-state index contributed by atoms with van der Waals surface area (Å²) in [6, 6.07) is 19.6. The van der Waals surface area contributed by atoms with Gasteiger partial charge in [0.15, 0.2) is 0 Å². The molecule has 3 nitrogen and oxygen atoms in total. The summed E-state index contributed by atoms with van der Waals surface area (Å²) >= 11 is 0. The van der Waals surface area contributed by atoms with Crippen LogP contribution in [0.5, 0.6) is 0 Å². The number of aliphatic hydroxyl groups excluding tert-OH is 1. The predicted molar refractivity (Wildman–Crippen MR) is 95.6 cm³/mol. The Bertz CT molecular complexity index is 681. The third-order valence-corrected chi connectivity index (χ3v) is 5.26. The predicted octanol–water partition coefficient (Wildman–Crippen LogP) is 3.55. The lowest BCUT2D eigenvalue weighted by Crippen LogP contribution is -2.40. The van der Waals surface area contributed by atoms with Crippen LogP contribution in [0.3, 0.4) is 0 Å². The lowest BCUT2D eigenvalue weighted by Gasteiger charge is -2.27. The smallest absolute Gasteiger partial charge is 0.233 e. The van der Waals surface area contributed by atoms with Gasteiger partial charge in [-0.25, -0.2) is 0 Å². The van der Waals surface area contributed by atoms with Crippen molar-refractivity contribution in [2.75, 3.05) is 13.1 Å². The summed E-state index contributed by atoms with van der Waals surface area (Å²) in [5, 5.41) is 10.9. The topological polar surface area (TPSA) is 40.5 Å². The zero-order valence-corrected chi connectivity index (χ0v) is 14.4. The standard InChI is InChI=1S/C21H25NO2/c1-3-22(4-2)20(24)21(17-13-9-6-10-14-17)15-18(21)19(23)16-11-7-5-8-12-16/h5-14,18-19,23H,3-4,15H2,1-2H3/t18-,19-,21+/m0/s1. The van der Waals surface area contributed by atoms with Gasteiger partial charge < -0.3 is 10.0 Å². The molecule has 0 saturated heterocycles. The van der Waals surface area contributed by atoms with Crippen molar-refractivity contribution >= 4 is 5.91 Å². The molecule has 1 amide bonds. The van der Waals surface area contributed by atoms with Crippen molar-refractivity contribution in [2.45, 2.75) is 31.8 Å². The Morgan fingerprint density at radius 2 is 1.62 bits per heavy atom. The second-order valence-electron chi connectivity index (χ2n) is 6.48. The van der Waals surface area contributed by atoms with E-state index in [1.165, 1.54) is 0 Å². The van der Waals surface area contributed by atoms with Gasteiger partial charge in [0.05, 0.1) is 11.5 Å². The van der Waals surface area contributed by atoms with Crippen molar-refractivity contribution in [3.63, 3.8) is 0 Å². The van der Waals surface area contributed by atoms with Gasteiger partial charge in [0.2, 0.25) is 5.91 Å². The monoisotopic (exact) mass is 323 g/mol. The summed E-state index contributed by atoms with van der Waals surface area (Å²) < 4.78 is 0. The van der Waals surface area contributed by atoms with Crippen LogP contribution in [0.1, 0.15) is 37.5 Å². The Balaban J connectivity index is 1.96. The van der Waals surface area contributed by atoms with E-state index >= 15 is 0 Å². The molecule has 0 aromatic heterocycles. The summed E-state index contributed by atoms with van der Waals surface area (Å²) in [6.45, 7) is 5.40. The lowest BCUT2D eigenvalue weighted by molar-refractivity contribution is -0.134. The van der Waals surface area contributed by atoms with E-state index in [0.717, 1.165) is 11.1 Å². The van der Waals surface area contributed by atoms with Crippen molar-refractivity contribution in [1.82, 2.24) is 4.90 Å². The Morgan fingerprint density at radius 3 is 2.17 bits per heavy atom. The molecular weight excluding hydrogens is 298 g/mol. The number of carbonyl (C=O) groups excluding carboxylic acids is 1. The molecular formula is C21H25NO2. The van der Waals surface area contributed by atoms with Gasteiger partial charge >= 0.3 is 0 Å². The van der Waals surface area contributed by atoms with E-state index in [4.69, 9.17) is 0 Å². The maximum absolute atomic E-state index is 13.3. The summed E-state index contributed by atoms with van der Waals surface area (Å²) in [5.74, 6) is 0.0640. The largest absolute Gasteiger partial charge is 0.388 e. The fraction of sp³-hybridized carbons (Fsp3) is 0.381. The highest BCUT2D eigenvalue weighted by atomic mass is 16.3. The molecule has 3 atom stereocenters. The fourth-order valence-electron chi connectivity index (χ4n) is 3.78. The molecule has 1 aliphatic rings. The minimum absolute atomic E-state index is 0.0737. The lowest BCUT2D eigenvalue weighted by atomic mass is 9.88. The van der Waals surface area contributed by atoms with Crippen molar-refractivity contribution in [3.05, 3.63) is 71.8 Å². The van der Waals surface area contributed by atoms with Crippen LogP contribution in [-0.4, -0.2) is 29.0 Å². The highest BCUT2D eigenvalue weighted by Gasteiger charge is 2.64. The molecule has 1 aliphatic carbocycles. The van der Waals surface area contributed by atoms with E-state index in [-0.39, 0.29) is 11.8 Å². The Morgan fingerprint density at radius 1 is 1.08 bits per heavy atom. The molecule has 0 spiro atoms. The molecule has 0 radical (unpaired) electrons. The van der Waals surface area contributed by atoms with Crippen LogP contribution < -0.4 is 0 Å². The SMILES string of the molecule is CCN(CC)C(=O)[C@@]1(c2ccccc2)C[C@H]1[C@@H](O)c1ccccc1.